The van der Waals surface area contributed by atoms with Crippen molar-refractivity contribution in [1.29, 1.82) is 0 Å². The molecule has 0 N–H and O–H groups in total. The van der Waals surface area contributed by atoms with Crippen molar-refractivity contribution in [2.45, 2.75) is 13.8 Å². The Morgan fingerprint density at radius 1 is 0.870 bits per heavy atom. The van der Waals surface area contributed by atoms with Gasteiger partial charge in [-0.05, 0) is 43.2 Å². The van der Waals surface area contributed by atoms with E-state index in [1.165, 1.54) is 5.56 Å². The van der Waals surface area contributed by atoms with Gasteiger partial charge < -0.3 is 9.15 Å². The van der Waals surface area contributed by atoms with Crippen LogP contribution in [0.1, 0.15) is 11.3 Å². The Morgan fingerprint density at radius 3 is 2.09 bits per heavy atom. The molecule has 0 aliphatic rings. The molecule has 23 heavy (non-hydrogen) atoms. The molecule has 116 valence electrons. The molecule has 0 atom stereocenters. The minimum atomic E-state index is -0.328. The Hall–Kier alpha value is -2.81. The smallest absolute Gasteiger partial charge is 0.344 e. The molecule has 3 nitrogen and oxygen atoms in total. The largest absolute Gasteiger partial charge is 0.497 e. The molecule has 0 amide bonds. The lowest BCUT2D eigenvalue weighted by Gasteiger charge is -2.10. The van der Waals surface area contributed by atoms with Crippen molar-refractivity contribution in [3.05, 3.63) is 76.3 Å². The van der Waals surface area contributed by atoms with Gasteiger partial charge in [0.15, 0.2) is 0 Å². The van der Waals surface area contributed by atoms with Crippen molar-refractivity contribution < 1.29 is 9.15 Å². The van der Waals surface area contributed by atoms with Crippen LogP contribution < -0.4 is 10.4 Å². The van der Waals surface area contributed by atoms with Gasteiger partial charge in [0.05, 0.1) is 12.7 Å². The number of ether oxygens (including phenoxy) is 1. The van der Waals surface area contributed by atoms with Crippen molar-refractivity contribution in [2.24, 2.45) is 0 Å². The Balaban J connectivity index is 2.22. The molecule has 0 unspecified atom stereocenters. The van der Waals surface area contributed by atoms with Gasteiger partial charge in [-0.3, -0.25) is 0 Å². The van der Waals surface area contributed by atoms with Crippen LogP contribution in [0.3, 0.4) is 0 Å². The number of benzene rings is 2. The van der Waals surface area contributed by atoms with E-state index in [1.54, 1.807) is 14.0 Å². The summed E-state index contributed by atoms with van der Waals surface area (Å²) in [5.74, 6) is 1.35. The zero-order valence-electron chi connectivity index (χ0n) is 13.4. The first-order valence-electron chi connectivity index (χ1n) is 7.44. The van der Waals surface area contributed by atoms with Crippen molar-refractivity contribution in [3.63, 3.8) is 0 Å². The van der Waals surface area contributed by atoms with E-state index < -0.39 is 0 Å². The van der Waals surface area contributed by atoms with E-state index in [2.05, 4.69) is 0 Å². The van der Waals surface area contributed by atoms with Gasteiger partial charge in [-0.15, -0.1) is 0 Å². The van der Waals surface area contributed by atoms with E-state index in [1.807, 2.05) is 61.5 Å². The normalized spacial score (nSPS) is 10.6. The summed E-state index contributed by atoms with van der Waals surface area (Å²) in [5.41, 5.74) is 4.11. The van der Waals surface area contributed by atoms with E-state index in [-0.39, 0.29) is 5.63 Å². The fourth-order valence-corrected chi connectivity index (χ4v) is 2.60. The molecule has 0 saturated heterocycles. The van der Waals surface area contributed by atoms with Crippen LogP contribution in [0.25, 0.3) is 22.3 Å². The molecule has 0 radical (unpaired) electrons. The number of hydrogen-bond acceptors (Lipinski definition) is 3. The van der Waals surface area contributed by atoms with Crippen molar-refractivity contribution in [1.82, 2.24) is 0 Å². The molecule has 1 aromatic heterocycles. The van der Waals surface area contributed by atoms with Crippen LogP contribution in [-0.2, 0) is 0 Å². The topological polar surface area (TPSA) is 39.4 Å². The minimum absolute atomic E-state index is 0.328. The highest BCUT2D eigenvalue weighted by Crippen LogP contribution is 2.31. The maximum Gasteiger partial charge on any atom is 0.344 e. The molecule has 0 bridgehead atoms. The molecule has 1 heterocycles. The number of aryl methyl sites for hydroxylation is 2. The second-order valence-corrected chi connectivity index (χ2v) is 5.53. The average molecular weight is 306 g/mol. The van der Waals surface area contributed by atoms with Crippen LogP contribution in [0.15, 0.2) is 63.8 Å². The van der Waals surface area contributed by atoms with Gasteiger partial charge in [-0.25, -0.2) is 4.79 Å². The van der Waals surface area contributed by atoms with Gasteiger partial charge in [-0.1, -0.05) is 42.0 Å². The lowest BCUT2D eigenvalue weighted by molar-refractivity contribution is 0.415. The maximum absolute atomic E-state index is 12.5. The second-order valence-electron chi connectivity index (χ2n) is 5.53. The van der Waals surface area contributed by atoms with Crippen LogP contribution in [0.5, 0.6) is 5.75 Å². The van der Waals surface area contributed by atoms with Crippen molar-refractivity contribution in [3.8, 4) is 28.0 Å². The first kappa shape index (κ1) is 15.1. The first-order valence-corrected chi connectivity index (χ1v) is 7.44. The maximum atomic E-state index is 12.5. The van der Waals surface area contributed by atoms with Gasteiger partial charge in [0.25, 0.3) is 0 Å². The van der Waals surface area contributed by atoms with Crippen molar-refractivity contribution >= 4 is 0 Å². The lowest BCUT2D eigenvalue weighted by Crippen LogP contribution is -2.06. The molecule has 3 heteroatoms. The number of hydrogen-bond donors (Lipinski definition) is 0. The monoisotopic (exact) mass is 306 g/mol. The van der Waals surface area contributed by atoms with Gasteiger partial charge in [0.2, 0.25) is 0 Å². The predicted octanol–water partition coefficient (Wildman–Crippen LogP) is 4.60. The minimum Gasteiger partial charge on any atom is -0.497 e. The summed E-state index contributed by atoms with van der Waals surface area (Å²) in [5, 5.41) is 0. The van der Waals surface area contributed by atoms with Gasteiger partial charge in [0.1, 0.15) is 11.5 Å². The number of methoxy groups -OCH3 is 1. The Kier molecular flexibility index (Phi) is 4.02. The molecule has 3 rings (SSSR count). The van der Waals surface area contributed by atoms with Gasteiger partial charge in [0, 0.05) is 5.56 Å². The highest BCUT2D eigenvalue weighted by Gasteiger charge is 2.14. The van der Waals surface area contributed by atoms with Crippen LogP contribution in [0.2, 0.25) is 0 Å². The fraction of sp³-hybridized carbons (Fsp3) is 0.150. The third-order valence-electron chi connectivity index (χ3n) is 3.82. The first-order chi connectivity index (χ1) is 11.1. The standard InChI is InChI=1S/C20H18O3/c1-13-4-6-15(7-5-13)18-12-14(2)23-20(21)19(18)16-8-10-17(22-3)11-9-16/h4-12H,1-3H3. The molecule has 0 aliphatic carbocycles. The Labute approximate surface area is 135 Å². The van der Waals surface area contributed by atoms with Crippen molar-refractivity contribution in [2.75, 3.05) is 7.11 Å². The Morgan fingerprint density at radius 2 is 1.48 bits per heavy atom. The summed E-state index contributed by atoms with van der Waals surface area (Å²) in [4.78, 5) is 12.5. The second kappa shape index (κ2) is 6.13. The van der Waals surface area contributed by atoms with Crippen LogP contribution in [-0.4, -0.2) is 7.11 Å². The molecule has 0 fully saturated rings. The van der Waals surface area contributed by atoms with E-state index in [0.717, 1.165) is 22.4 Å². The summed E-state index contributed by atoms with van der Waals surface area (Å²) < 4.78 is 10.5. The van der Waals surface area contributed by atoms with E-state index in [4.69, 9.17) is 9.15 Å². The van der Waals surface area contributed by atoms with E-state index >= 15 is 0 Å². The SMILES string of the molecule is COc1ccc(-c2c(-c3ccc(C)cc3)cc(C)oc2=O)cc1. The number of rotatable bonds is 3. The zero-order chi connectivity index (χ0) is 16.4. The van der Waals surface area contributed by atoms with Crippen LogP contribution >= 0.6 is 0 Å². The molecular formula is C20H18O3. The predicted molar refractivity (Wildman–Crippen MR) is 91.9 cm³/mol. The average Bonchev–Trinajstić information content (AvgIpc) is 2.55. The molecule has 0 saturated carbocycles. The molecular weight excluding hydrogens is 288 g/mol. The lowest BCUT2D eigenvalue weighted by atomic mass is 9.95. The van der Waals surface area contributed by atoms with Gasteiger partial charge >= 0.3 is 5.63 Å². The highest BCUT2D eigenvalue weighted by atomic mass is 16.5. The Bertz CT molecular complexity index is 872. The summed E-state index contributed by atoms with van der Waals surface area (Å²) >= 11 is 0. The summed E-state index contributed by atoms with van der Waals surface area (Å²) in [7, 11) is 1.62. The summed E-state index contributed by atoms with van der Waals surface area (Å²) in [6.07, 6.45) is 0. The van der Waals surface area contributed by atoms with Crippen LogP contribution in [0, 0.1) is 13.8 Å². The zero-order valence-corrected chi connectivity index (χ0v) is 13.4. The summed E-state index contributed by atoms with van der Waals surface area (Å²) in [6.45, 7) is 3.83. The highest BCUT2D eigenvalue weighted by molar-refractivity contribution is 5.82. The molecule has 0 spiro atoms. The molecule has 3 aromatic rings. The van der Waals surface area contributed by atoms with Crippen LogP contribution in [0.4, 0.5) is 0 Å². The molecule has 0 aliphatic heterocycles. The quantitative estimate of drug-likeness (QED) is 0.710. The third-order valence-corrected chi connectivity index (χ3v) is 3.82. The molecule has 2 aromatic carbocycles. The fourth-order valence-electron chi connectivity index (χ4n) is 2.60. The summed E-state index contributed by atoms with van der Waals surface area (Å²) in [6, 6.07) is 17.5. The van der Waals surface area contributed by atoms with Gasteiger partial charge in [-0.2, -0.15) is 0 Å². The third kappa shape index (κ3) is 3.04. The van der Waals surface area contributed by atoms with E-state index in [9.17, 15) is 4.79 Å². The van der Waals surface area contributed by atoms with E-state index in [0.29, 0.717) is 11.3 Å².